The monoisotopic (exact) mass is 230 g/mol. The van der Waals surface area contributed by atoms with Crippen molar-refractivity contribution in [2.75, 3.05) is 12.4 Å². The Balaban J connectivity index is 2.33. The minimum absolute atomic E-state index is 0.281. The zero-order chi connectivity index (χ0) is 12.3. The van der Waals surface area contributed by atoms with Gasteiger partial charge < -0.3 is 10.1 Å². The van der Waals surface area contributed by atoms with Crippen LogP contribution in [0, 0.1) is 0 Å². The maximum absolute atomic E-state index is 11.4. The van der Waals surface area contributed by atoms with Gasteiger partial charge in [-0.05, 0) is 19.1 Å². The molecule has 1 unspecified atom stereocenters. The summed E-state index contributed by atoms with van der Waals surface area (Å²) in [6.07, 6.45) is 3.53. The number of benzene rings is 1. The van der Waals surface area contributed by atoms with E-state index in [9.17, 15) is 4.79 Å². The molecule has 88 valence electrons. The van der Waals surface area contributed by atoms with Crippen LogP contribution in [-0.2, 0) is 9.53 Å². The smallest absolute Gasteiger partial charge is 0.327 e. The van der Waals surface area contributed by atoms with Gasteiger partial charge in [-0.15, -0.1) is 0 Å². The average Bonchev–Trinajstić information content (AvgIpc) is 2.38. The number of hydrogen-bond donors (Lipinski definition) is 1. The third-order valence-corrected chi connectivity index (χ3v) is 2.61. The lowest BCUT2D eigenvalue weighted by atomic mass is 10.1. The van der Waals surface area contributed by atoms with Crippen molar-refractivity contribution in [3.63, 3.8) is 0 Å². The summed E-state index contributed by atoms with van der Waals surface area (Å²) in [4.78, 5) is 15.4. The highest BCUT2D eigenvalue weighted by Crippen LogP contribution is 2.22. The molecule has 0 aliphatic carbocycles. The van der Waals surface area contributed by atoms with E-state index in [-0.39, 0.29) is 12.0 Å². The van der Waals surface area contributed by atoms with Crippen LogP contribution in [0.1, 0.15) is 6.92 Å². The number of hydrogen-bond acceptors (Lipinski definition) is 4. The van der Waals surface area contributed by atoms with Crippen LogP contribution in [0.2, 0.25) is 0 Å². The van der Waals surface area contributed by atoms with E-state index < -0.39 is 0 Å². The molecule has 1 N–H and O–H groups in total. The Morgan fingerprint density at radius 1 is 1.41 bits per heavy atom. The number of pyridine rings is 1. The normalized spacial score (nSPS) is 12.1. The van der Waals surface area contributed by atoms with Crippen molar-refractivity contribution in [3.8, 4) is 0 Å². The van der Waals surface area contributed by atoms with Crippen molar-refractivity contribution in [3.05, 3.63) is 36.7 Å². The fraction of sp³-hybridized carbons (Fsp3) is 0.231. The zero-order valence-corrected chi connectivity index (χ0v) is 9.81. The van der Waals surface area contributed by atoms with Crippen LogP contribution in [0.3, 0.4) is 0 Å². The molecule has 0 bridgehead atoms. The molecule has 2 aromatic rings. The van der Waals surface area contributed by atoms with Gasteiger partial charge in [0.1, 0.15) is 6.04 Å². The Morgan fingerprint density at radius 3 is 3.00 bits per heavy atom. The Kier molecular flexibility index (Phi) is 3.23. The molecule has 4 heteroatoms. The lowest BCUT2D eigenvalue weighted by Crippen LogP contribution is -2.27. The first kappa shape index (κ1) is 11.4. The van der Waals surface area contributed by atoms with Gasteiger partial charge in [0, 0.05) is 28.9 Å². The van der Waals surface area contributed by atoms with Crippen LogP contribution < -0.4 is 5.32 Å². The van der Waals surface area contributed by atoms with Crippen LogP contribution in [-0.4, -0.2) is 24.1 Å². The van der Waals surface area contributed by atoms with Gasteiger partial charge >= 0.3 is 5.97 Å². The van der Waals surface area contributed by atoms with Crippen molar-refractivity contribution >= 4 is 22.4 Å². The fourth-order valence-corrected chi connectivity index (χ4v) is 1.72. The van der Waals surface area contributed by atoms with Gasteiger partial charge in [-0.2, -0.15) is 0 Å². The quantitative estimate of drug-likeness (QED) is 0.821. The molecule has 2 rings (SSSR count). The first-order valence-electron chi connectivity index (χ1n) is 5.39. The molecule has 1 atom stereocenters. The number of anilines is 1. The third kappa shape index (κ3) is 2.36. The first-order valence-corrected chi connectivity index (χ1v) is 5.39. The minimum Gasteiger partial charge on any atom is -0.467 e. The zero-order valence-electron chi connectivity index (χ0n) is 9.81. The summed E-state index contributed by atoms with van der Waals surface area (Å²) in [6.45, 7) is 1.77. The van der Waals surface area contributed by atoms with Crippen molar-refractivity contribution in [1.29, 1.82) is 0 Å². The number of aromatic nitrogens is 1. The predicted octanol–water partition coefficient (Wildman–Crippen LogP) is 2.21. The Bertz CT molecular complexity index is 534. The van der Waals surface area contributed by atoms with Crippen LogP contribution in [0.15, 0.2) is 36.7 Å². The Hall–Kier alpha value is -2.10. The molecule has 4 nitrogen and oxygen atoms in total. The largest absolute Gasteiger partial charge is 0.467 e. The number of esters is 1. The van der Waals surface area contributed by atoms with E-state index in [0.717, 1.165) is 16.5 Å². The van der Waals surface area contributed by atoms with Gasteiger partial charge in [-0.25, -0.2) is 4.79 Å². The number of nitrogens with one attached hydrogen (secondary N) is 1. The Labute approximate surface area is 99.6 Å². The topological polar surface area (TPSA) is 51.2 Å². The SMILES string of the molecule is COC(=O)C(C)Nc1cccc2cnccc12. The average molecular weight is 230 g/mol. The van der Waals surface area contributed by atoms with Gasteiger partial charge in [0.05, 0.1) is 7.11 Å². The highest BCUT2D eigenvalue weighted by Gasteiger charge is 2.13. The summed E-state index contributed by atoms with van der Waals surface area (Å²) in [5, 5.41) is 5.21. The molecular weight excluding hydrogens is 216 g/mol. The van der Waals surface area contributed by atoms with E-state index in [0.29, 0.717) is 0 Å². The van der Waals surface area contributed by atoms with Gasteiger partial charge in [-0.1, -0.05) is 12.1 Å². The van der Waals surface area contributed by atoms with Crippen molar-refractivity contribution in [2.24, 2.45) is 0 Å². The summed E-state index contributed by atoms with van der Waals surface area (Å²) in [7, 11) is 1.38. The first-order chi connectivity index (χ1) is 8.22. The molecule has 0 saturated heterocycles. The summed E-state index contributed by atoms with van der Waals surface area (Å²) in [6, 6.07) is 7.38. The van der Waals surface area contributed by atoms with Crippen LogP contribution in [0.25, 0.3) is 10.8 Å². The molecule has 1 aromatic heterocycles. The van der Waals surface area contributed by atoms with E-state index in [2.05, 4.69) is 15.0 Å². The number of carbonyl (C=O) groups excluding carboxylic acids is 1. The molecule has 0 fully saturated rings. The van der Waals surface area contributed by atoms with Crippen LogP contribution in [0.4, 0.5) is 5.69 Å². The summed E-state index contributed by atoms with van der Waals surface area (Å²) in [5.41, 5.74) is 0.905. The molecule has 0 aliphatic rings. The molecule has 0 spiro atoms. The molecule has 0 aliphatic heterocycles. The number of nitrogens with zero attached hydrogens (tertiary/aromatic N) is 1. The lowest BCUT2D eigenvalue weighted by molar-refractivity contribution is -0.141. The van der Waals surface area contributed by atoms with E-state index in [4.69, 9.17) is 0 Å². The summed E-state index contributed by atoms with van der Waals surface area (Å²) < 4.78 is 4.68. The molecule has 0 saturated carbocycles. The van der Waals surface area contributed by atoms with Gasteiger partial charge in [0.15, 0.2) is 0 Å². The van der Waals surface area contributed by atoms with Gasteiger partial charge in [0.2, 0.25) is 0 Å². The lowest BCUT2D eigenvalue weighted by Gasteiger charge is -2.14. The van der Waals surface area contributed by atoms with Crippen molar-refractivity contribution in [2.45, 2.75) is 13.0 Å². The summed E-state index contributed by atoms with van der Waals surface area (Å²) in [5.74, 6) is -0.281. The van der Waals surface area contributed by atoms with Gasteiger partial charge in [0.25, 0.3) is 0 Å². The van der Waals surface area contributed by atoms with Crippen molar-refractivity contribution in [1.82, 2.24) is 4.98 Å². The molecule has 0 amide bonds. The van der Waals surface area contributed by atoms with E-state index in [1.54, 1.807) is 19.3 Å². The number of rotatable bonds is 3. The minimum atomic E-state index is -0.376. The second kappa shape index (κ2) is 4.82. The summed E-state index contributed by atoms with van der Waals surface area (Å²) >= 11 is 0. The van der Waals surface area contributed by atoms with E-state index >= 15 is 0 Å². The standard InChI is InChI=1S/C13H14N2O2/c1-9(13(16)17-2)15-12-5-3-4-10-8-14-7-6-11(10)12/h3-9,15H,1-2H3. The molecular formula is C13H14N2O2. The fourth-order valence-electron chi connectivity index (χ4n) is 1.72. The maximum atomic E-state index is 11.4. The highest BCUT2D eigenvalue weighted by atomic mass is 16.5. The van der Waals surface area contributed by atoms with Crippen LogP contribution >= 0.6 is 0 Å². The molecule has 0 radical (unpaired) electrons. The predicted molar refractivity (Wildman–Crippen MR) is 66.8 cm³/mol. The number of methoxy groups -OCH3 is 1. The third-order valence-electron chi connectivity index (χ3n) is 2.61. The second-order valence-electron chi connectivity index (χ2n) is 3.79. The number of ether oxygens (including phenoxy) is 1. The van der Waals surface area contributed by atoms with Gasteiger partial charge in [-0.3, -0.25) is 4.98 Å². The Morgan fingerprint density at radius 2 is 2.24 bits per heavy atom. The van der Waals surface area contributed by atoms with E-state index in [1.165, 1.54) is 7.11 Å². The highest BCUT2D eigenvalue weighted by molar-refractivity contribution is 5.94. The maximum Gasteiger partial charge on any atom is 0.327 e. The van der Waals surface area contributed by atoms with E-state index in [1.807, 2.05) is 24.3 Å². The van der Waals surface area contributed by atoms with Crippen molar-refractivity contribution < 1.29 is 9.53 Å². The molecule has 1 aromatic carbocycles. The molecule has 17 heavy (non-hydrogen) atoms. The van der Waals surface area contributed by atoms with Crippen LogP contribution in [0.5, 0.6) is 0 Å². The number of fused-ring (bicyclic) bond motifs is 1. The number of carbonyl (C=O) groups is 1. The molecule has 1 heterocycles. The second-order valence-corrected chi connectivity index (χ2v) is 3.79.